The van der Waals surface area contributed by atoms with Gasteiger partial charge in [-0.3, -0.25) is 0 Å². The van der Waals surface area contributed by atoms with Gasteiger partial charge in [-0.2, -0.15) is 28.1 Å². The maximum absolute atomic E-state index is 13.3. The van der Waals surface area contributed by atoms with Gasteiger partial charge in [-0.15, -0.1) is 0 Å². The van der Waals surface area contributed by atoms with E-state index in [0.29, 0.717) is 70.0 Å². The van der Waals surface area contributed by atoms with Crippen molar-refractivity contribution in [2.75, 3.05) is 54.0 Å². The van der Waals surface area contributed by atoms with Crippen LogP contribution in [0.1, 0.15) is 36.8 Å². The number of aromatic nitrogens is 3. The molecule has 39 heavy (non-hydrogen) atoms. The van der Waals surface area contributed by atoms with E-state index in [1.54, 1.807) is 0 Å². The van der Waals surface area contributed by atoms with E-state index in [1.165, 1.54) is 12.1 Å². The first kappa shape index (κ1) is 27.8. The quantitative estimate of drug-likeness (QED) is 0.350. The van der Waals surface area contributed by atoms with Crippen LogP contribution in [0.15, 0.2) is 24.3 Å². The van der Waals surface area contributed by atoms with Crippen molar-refractivity contribution in [3.63, 3.8) is 0 Å². The van der Waals surface area contributed by atoms with Crippen molar-refractivity contribution >= 4 is 17.8 Å². The summed E-state index contributed by atoms with van der Waals surface area (Å²) < 4.78 is 39.8. The summed E-state index contributed by atoms with van der Waals surface area (Å²) in [4.78, 5) is 20.1. The molecule has 3 saturated heterocycles. The average molecular weight is 551 g/mol. The fraction of sp³-hybridized carbons (Fsp3) is 0.640. The summed E-state index contributed by atoms with van der Waals surface area (Å²) in [6.45, 7) is 2.87. The van der Waals surface area contributed by atoms with E-state index in [2.05, 4.69) is 0 Å². The number of piperidine rings is 3. The Bertz CT molecular complexity index is 1090. The van der Waals surface area contributed by atoms with Gasteiger partial charge in [-0.05, 0) is 43.4 Å². The molecule has 3 aliphatic heterocycles. The Morgan fingerprint density at radius 2 is 1.18 bits per heavy atom. The summed E-state index contributed by atoms with van der Waals surface area (Å²) in [6.07, 6.45) is -2.65. The molecule has 3 fully saturated rings. The Morgan fingerprint density at radius 3 is 1.62 bits per heavy atom. The molecule has 0 aliphatic carbocycles. The van der Waals surface area contributed by atoms with E-state index < -0.39 is 17.3 Å². The Labute approximate surface area is 225 Å². The van der Waals surface area contributed by atoms with Crippen LogP contribution in [0.4, 0.5) is 31.0 Å². The SMILES string of the molecule is NC1CC(N)CN(c2nc(N3CCC(O)(c4cccc(C(F)(F)F)c4)CC3)nc(N3CC(N)CC(N)C3)n2)C1. The summed E-state index contributed by atoms with van der Waals surface area (Å²) >= 11 is 0. The minimum Gasteiger partial charge on any atom is -0.385 e. The summed E-state index contributed by atoms with van der Waals surface area (Å²) in [5.41, 5.74) is 23.0. The second-order valence-electron chi connectivity index (χ2n) is 11.2. The van der Waals surface area contributed by atoms with Gasteiger partial charge in [0, 0.05) is 63.4 Å². The molecule has 1 aromatic carbocycles. The van der Waals surface area contributed by atoms with E-state index in [1.807, 2.05) is 14.7 Å². The second kappa shape index (κ2) is 10.7. The van der Waals surface area contributed by atoms with Gasteiger partial charge in [0.15, 0.2) is 0 Å². The molecule has 0 spiro atoms. The van der Waals surface area contributed by atoms with Crippen molar-refractivity contribution in [3.05, 3.63) is 35.4 Å². The fourth-order valence-corrected chi connectivity index (χ4v) is 5.80. The van der Waals surface area contributed by atoms with Gasteiger partial charge >= 0.3 is 6.18 Å². The molecule has 3 aliphatic rings. The van der Waals surface area contributed by atoms with Crippen LogP contribution in [0.5, 0.6) is 0 Å². The lowest BCUT2D eigenvalue weighted by Crippen LogP contribution is -2.54. The zero-order valence-electron chi connectivity index (χ0n) is 21.8. The lowest BCUT2D eigenvalue weighted by molar-refractivity contribution is -0.137. The number of nitrogens with zero attached hydrogens (tertiary/aromatic N) is 6. The van der Waals surface area contributed by atoms with Crippen LogP contribution in [0.2, 0.25) is 0 Å². The number of benzene rings is 1. The van der Waals surface area contributed by atoms with Gasteiger partial charge in [0.25, 0.3) is 0 Å². The van der Waals surface area contributed by atoms with Crippen molar-refractivity contribution in [3.8, 4) is 0 Å². The van der Waals surface area contributed by atoms with Crippen molar-refractivity contribution < 1.29 is 18.3 Å². The van der Waals surface area contributed by atoms with Gasteiger partial charge in [0.2, 0.25) is 17.8 Å². The summed E-state index contributed by atoms with van der Waals surface area (Å²) in [7, 11) is 0. The lowest BCUT2D eigenvalue weighted by Gasteiger charge is -2.40. The third kappa shape index (κ3) is 6.19. The van der Waals surface area contributed by atoms with Crippen LogP contribution in [0.3, 0.4) is 0 Å². The Kier molecular flexibility index (Phi) is 7.59. The van der Waals surface area contributed by atoms with E-state index >= 15 is 0 Å². The lowest BCUT2D eigenvalue weighted by atomic mass is 9.84. The van der Waals surface area contributed by atoms with E-state index in [0.717, 1.165) is 12.1 Å². The fourth-order valence-electron chi connectivity index (χ4n) is 5.80. The number of rotatable bonds is 4. The molecule has 0 radical (unpaired) electrons. The number of aliphatic hydroxyl groups is 1. The molecule has 0 bridgehead atoms. The van der Waals surface area contributed by atoms with Gasteiger partial charge < -0.3 is 42.7 Å². The number of anilines is 3. The standard InChI is InChI=1S/C25H37F3N10O/c26-25(27,28)16-3-1-2-15(8-16)24(39)4-6-36(7-5-24)21-33-22(37-11-17(29)9-18(30)12-37)35-23(34-21)38-13-19(31)10-20(32)14-38/h1-3,8,17-20,39H,4-7,9-14,29-32H2. The molecule has 1 aromatic heterocycles. The Morgan fingerprint density at radius 1 is 0.744 bits per heavy atom. The van der Waals surface area contributed by atoms with Gasteiger partial charge in [0.05, 0.1) is 11.2 Å². The first-order valence-corrected chi connectivity index (χ1v) is 13.3. The molecule has 0 amide bonds. The van der Waals surface area contributed by atoms with Gasteiger partial charge in [-0.25, -0.2) is 0 Å². The van der Waals surface area contributed by atoms with Crippen LogP contribution in [-0.2, 0) is 11.8 Å². The second-order valence-corrected chi connectivity index (χ2v) is 11.2. The highest BCUT2D eigenvalue weighted by Gasteiger charge is 2.38. The topological polar surface area (TPSA) is 173 Å². The minimum atomic E-state index is -4.48. The van der Waals surface area contributed by atoms with Crippen LogP contribution in [0, 0.1) is 0 Å². The van der Waals surface area contributed by atoms with Crippen molar-refractivity contribution in [2.45, 2.75) is 61.6 Å². The molecule has 4 atom stereocenters. The van der Waals surface area contributed by atoms with Crippen LogP contribution in [-0.4, -0.2) is 83.5 Å². The third-order valence-corrected chi connectivity index (χ3v) is 7.80. The molecule has 11 nitrogen and oxygen atoms in total. The average Bonchev–Trinajstić information content (AvgIpc) is 2.87. The van der Waals surface area contributed by atoms with Gasteiger partial charge in [-0.1, -0.05) is 12.1 Å². The van der Waals surface area contributed by atoms with E-state index in [-0.39, 0.29) is 42.6 Å². The predicted octanol–water partition coefficient (Wildman–Crippen LogP) is 0.108. The monoisotopic (exact) mass is 550 g/mol. The maximum Gasteiger partial charge on any atom is 0.416 e. The molecule has 0 saturated carbocycles. The molecule has 214 valence electrons. The van der Waals surface area contributed by atoms with E-state index in [9.17, 15) is 18.3 Å². The highest BCUT2D eigenvalue weighted by Crippen LogP contribution is 2.37. The number of hydrogen-bond acceptors (Lipinski definition) is 11. The smallest absolute Gasteiger partial charge is 0.385 e. The van der Waals surface area contributed by atoms with E-state index in [4.69, 9.17) is 37.9 Å². The maximum atomic E-state index is 13.3. The van der Waals surface area contributed by atoms with Crippen LogP contribution >= 0.6 is 0 Å². The number of hydrogen-bond donors (Lipinski definition) is 5. The van der Waals surface area contributed by atoms with Crippen LogP contribution in [0.25, 0.3) is 0 Å². The normalized spacial score (nSPS) is 28.1. The zero-order valence-corrected chi connectivity index (χ0v) is 21.8. The van der Waals surface area contributed by atoms with Crippen molar-refractivity contribution in [1.29, 1.82) is 0 Å². The zero-order chi connectivity index (χ0) is 27.9. The Hall–Kier alpha value is -2.78. The Balaban J connectivity index is 1.41. The van der Waals surface area contributed by atoms with Crippen molar-refractivity contribution in [2.24, 2.45) is 22.9 Å². The number of nitrogens with two attached hydrogens (primary N) is 4. The molecule has 4 unspecified atom stereocenters. The van der Waals surface area contributed by atoms with Crippen LogP contribution < -0.4 is 37.6 Å². The predicted molar refractivity (Wildman–Crippen MR) is 142 cm³/mol. The molecular formula is C25H37F3N10O. The number of alkyl halides is 3. The summed E-state index contributed by atoms with van der Waals surface area (Å²) in [5, 5.41) is 11.3. The highest BCUT2D eigenvalue weighted by atomic mass is 19.4. The molecular weight excluding hydrogens is 513 g/mol. The molecule has 4 heterocycles. The first-order valence-electron chi connectivity index (χ1n) is 13.3. The highest BCUT2D eigenvalue weighted by molar-refractivity contribution is 5.48. The molecule has 14 heteroatoms. The first-order chi connectivity index (χ1) is 18.4. The number of halogens is 3. The molecule has 9 N–H and O–H groups in total. The molecule has 5 rings (SSSR count). The molecule has 2 aromatic rings. The largest absolute Gasteiger partial charge is 0.416 e. The van der Waals surface area contributed by atoms with Gasteiger partial charge in [0.1, 0.15) is 0 Å². The third-order valence-electron chi connectivity index (χ3n) is 7.80. The summed E-state index contributed by atoms with van der Waals surface area (Å²) in [5.74, 6) is 1.32. The van der Waals surface area contributed by atoms with Crippen molar-refractivity contribution in [1.82, 2.24) is 15.0 Å². The minimum absolute atomic E-state index is 0.119. The summed E-state index contributed by atoms with van der Waals surface area (Å²) in [6, 6.07) is 4.43.